The lowest BCUT2D eigenvalue weighted by molar-refractivity contribution is -0.0584. The Bertz CT molecular complexity index is 407. The fraction of sp³-hybridized carbons (Fsp3) is 0.571. The maximum atomic E-state index is 14.1. The van der Waals surface area contributed by atoms with E-state index in [2.05, 4.69) is 22.9 Å². The maximum absolute atomic E-state index is 14.1. The van der Waals surface area contributed by atoms with Crippen molar-refractivity contribution in [2.45, 2.75) is 44.6 Å². The van der Waals surface area contributed by atoms with Crippen molar-refractivity contribution in [1.82, 2.24) is 0 Å². The summed E-state index contributed by atoms with van der Waals surface area (Å²) in [4.78, 5) is 0. The van der Waals surface area contributed by atoms with Crippen LogP contribution >= 0.6 is 15.9 Å². The van der Waals surface area contributed by atoms with Crippen LogP contribution < -0.4 is 0 Å². The molecule has 0 amide bonds. The molecule has 2 atom stereocenters. The fourth-order valence-electron chi connectivity index (χ4n) is 2.96. The van der Waals surface area contributed by atoms with Gasteiger partial charge < -0.3 is 5.11 Å². The Kier molecular flexibility index (Phi) is 3.88. The Hall–Kier alpha value is -0.410. The Morgan fingerprint density at radius 3 is 2.94 bits per heavy atom. The van der Waals surface area contributed by atoms with Crippen molar-refractivity contribution in [2.24, 2.45) is 5.92 Å². The Balaban J connectivity index is 2.45. The van der Waals surface area contributed by atoms with Gasteiger partial charge in [0.2, 0.25) is 0 Å². The van der Waals surface area contributed by atoms with Crippen molar-refractivity contribution in [3.8, 4) is 0 Å². The minimum Gasteiger partial charge on any atom is -0.385 e. The Morgan fingerprint density at radius 1 is 1.47 bits per heavy atom. The SMILES string of the molecule is CCC1CCCCC1(O)c1cccc(Br)c1F. The first-order valence-electron chi connectivity index (χ1n) is 6.26. The molecule has 1 fully saturated rings. The van der Waals surface area contributed by atoms with Gasteiger partial charge in [-0.25, -0.2) is 4.39 Å². The highest BCUT2D eigenvalue weighted by Crippen LogP contribution is 2.44. The molecule has 1 aliphatic rings. The summed E-state index contributed by atoms with van der Waals surface area (Å²) < 4.78 is 14.6. The van der Waals surface area contributed by atoms with E-state index >= 15 is 0 Å². The van der Waals surface area contributed by atoms with Crippen LogP contribution in [-0.2, 0) is 5.60 Å². The molecule has 0 saturated heterocycles. The highest BCUT2D eigenvalue weighted by Gasteiger charge is 2.41. The number of hydrogen-bond acceptors (Lipinski definition) is 1. The molecule has 0 bridgehead atoms. The molecule has 0 aliphatic heterocycles. The van der Waals surface area contributed by atoms with Gasteiger partial charge in [-0.15, -0.1) is 0 Å². The minimum absolute atomic E-state index is 0.167. The third-order valence-corrected chi connectivity index (χ3v) is 4.56. The van der Waals surface area contributed by atoms with Crippen LogP contribution in [0.5, 0.6) is 0 Å². The highest BCUT2D eigenvalue weighted by atomic mass is 79.9. The zero-order valence-electron chi connectivity index (χ0n) is 10.0. The molecular formula is C14H18BrFO. The highest BCUT2D eigenvalue weighted by molar-refractivity contribution is 9.10. The second-order valence-corrected chi connectivity index (χ2v) is 5.73. The molecule has 2 unspecified atom stereocenters. The molecule has 0 spiro atoms. The Labute approximate surface area is 110 Å². The smallest absolute Gasteiger partial charge is 0.143 e. The number of aliphatic hydroxyl groups is 1. The van der Waals surface area contributed by atoms with Gasteiger partial charge in [-0.05, 0) is 40.8 Å². The van der Waals surface area contributed by atoms with Crippen LogP contribution in [0, 0.1) is 11.7 Å². The molecule has 3 heteroatoms. The number of halogens is 2. The van der Waals surface area contributed by atoms with E-state index in [4.69, 9.17) is 0 Å². The third-order valence-electron chi connectivity index (χ3n) is 3.95. The molecule has 1 aromatic rings. The third kappa shape index (κ3) is 2.27. The maximum Gasteiger partial charge on any atom is 0.143 e. The van der Waals surface area contributed by atoms with Gasteiger partial charge in [0.1, 0.15) is 5.82 Å². The standard InChI is InChI=1S/C14H18BrFO/c1-2-10-6-3-4-9-14(10,17)11-7-5-8-12(15)13(11)16/h5,7-8,10,17H,2-4,6,9H2,1H3. The van der Waals surface area contributed by atoms with Gasteiger partial charge in [0.25, 0.3) is 0 Å². The minimum atomic E-state index is -0.985. The molecule has 2 rings (SSSR count). The van der Waals surface area contributed by atoms with Gasteiger partial charge in [-0.3, -0.25) is 0 Å². The van der Waals surface area contributed by atoms with E-state index in [1.807, 2.05) is 0 Å². The quantitative estimate of drug-likeness (QED) is 0.859. The van der Waals surface area contributed by atoms with Crippen molar-refractivity contribution in [3.05, 3.63) is 34.1 Å². The first-order valence-corrected chi connectivity index (χ1v) is 7.05. The van der Waals surface area contributed by atoms with Crippen LogP contribution in [0.3, 0.4) is 0 Å². The van der Waals surface area contributed by atoms with E-state index in [0.29, 0.717) is 16.5 Å². The molecule has 94 valence electrons. The fourth-order valence-corrected chi connectivity index (χ4v) is 3.33. The molecule has 0 heterocycles. The lowest BCUT2D eigenvalue weighted by Crippen LogP contribution is -2.38. The van der Waals surface area contributed by atoms with Crippen LogP contribution in [0.1, 0.15) is 44.6 Å². The van der Waals surface area contributed by atoms with E-state index in [1.165, 1.54) is 0 Å². The van der Waals surface area contributed by atoms with Gasteiger partial charge in [-0.1, -0.05) is 38.3 Å². The first-order chi connectivity index (χ1) is 8.09. The van der Waals surface area contributed by atoms with Crippen molar-refractivity contribution in [2.75, 3.05) is 0 Å². The summed E-state index contributed by atoms with van der Waals surface area (Å²) in [5.41, 5.74) is -0.528. The van der Waals surface area contributed by atoms with Gasteiger partial charge in [-0.2, -0.15) is 0 Å². The van der Waals surface area contributed by atoms with Gasteiger partial charge >= 0.3 is 0 Å². The van der Waals surface area contributed by atoms with Crippen molar-refractivity contribution in [1.29, 1.82) is 0 Å². The van der Waals surface area contributed by atoms with E-state index in [-0.39, 0.29) is 11.7 Å². The second-order valence-electron chi connectivity index (χ2n) is 4.88. The topological polar surface area (TPSA) is 20.2 Å². The summed E-state index contributed by atoms with van der Waals surface area (Å²) >= 11 is 3.19. The molecule has 0 radical (unpaired) electrons. The van der Waals surface area contributed by atoms with Crippen molar-refractivity contribution in [3.63, 3.8) is 0 Å². The predicted octanol–water partition coefficient (Wildman–Crippen LogP) is 4.38. The largest absolute Gasteiger partial charge is 0.385 e. The summed E-state index contributed by atoms with van der Waals surface area (Å²) in [6.45, 7) is 2.07. The number of hydrogen-bond donors (Lipinski definition) is 1. The van der Waals surface area contributed by atoms with E-state index in [9.17, 15) is 9.50 Å². The van der Waals surface area contributed by atoms with Gasteiger partial charge in [0.05, 0.1) is 10.1 Å². The summed E-state index contributed by atoms with van der Waals surface area (Å²) in [7, 11) is 0. The first kappa shape index (κ1) is 13.0. The van der Waals surface area contributed by atoms with Crippen LogP contribution in [0.25, 0.3) is 0 Å². The van der Waals surface area contributed by atoms with E-state index < -0.39 is 5.60 Å². The zero-order valence-corrected chi connectivity index (χ0v) is 11.6. The molecule has 17 heavy (non-hydrogen) atoms. The summed E-state index contributed by atoms with van der Waals surface area (Å²) in [5.74, 6) is -0.143. The molecule has 0 aromatic heterocycles. The number of benzene rings is 1. The molecular weight excluding hydrogens is 283 g/mol. The average Bonchev–Trinajstić information content (AvgIpc) is 2.33. The van der Waals surface area contributed by atoms with Crippen molar-refractivity contribution >= 4 is 15.9 Å². The number of rotatable bonds is 2. The lowest BCUT2D eigenvalue weighted by Gasteiger charge is -2.40. The molecule has 1 nitrogen and oxygen atoms in total. The van der Waals surface area contributed by atoms with Gasteiger partial charge in [0, 0.05) is 5.56 Å². The van der Waals surface area contributed by atoms with Crippen LogP contribution in [0.4, 0.5) is 4.39 Å². The Morgan fingerprint density at radius 2 is 2.24 bits per heavy atom. The summed E-state index contributed by atoms with van der Waals surface area (Å²) in [6, 6.07) is 5.18. The monoisotopic (exact) mass is 300 g/mol. The summed E-state index contributed by atoms with van der Waals surface area (Å²) in [6.07, 6.45) is 4.65. The summed E-state index contributed by atoms with van der Waals surface area (Å²) in [5, 5.41) is 10.8. The molecule has 1 N–H and O–H groups in total. The second kappa shape index (κ2) is 5.07. The normalized spacial score (nSPS) is 29.3. The molecule has 1 aromatic carbocycles. The van der Waals surface area contributed by atoms with Crippen molar-refractivity contribution < 1.29 is 9.50 Å². The van der Waals surface area contributed by atoms with Crippen LogP contribution in [-0.4, -0.2) is 5.11 Å². The molecule has 1 aliphatic carbocycles. The van der Waals surface area contributed by atoms with Crippen LogP contribution in [0.15, 0.2) is 22.7 Å². The van der Waals surface area contributed by atoms with E-state index in [1.54, 1.807) is 18.2 Å². The zero-order chi connectivity index (χ0) is 12.5. The molecule has 1 saturated carbocycles. The van der Waals surface area contributed by atoms with E-state index in [0.717, 1.165) is 25.7 Å². The average molecular weight is 301 g/mol. The van der Waals surface area contributed by atoms with Gasteiger partial charge in [0.15, 0.2) is 0 Å². The lowest BCUT2D eigenvalue weighted by atomic mass is 9.70. The predicted molar refractivity (Wildman–Crippen MR) is 70.2 cm³/mol. The van der Waals surface area contributed by atoms with Crippen LogP contribution in [0.2, 0.25) is 0 Å².